The average molecular weight is 752 g/mol. The summed E-state index contributed by atoms with van der Waals surface area (Å²) in [4.78, 5) is 18.4. The van der Waals surface area contributed by atoms with E-state index in [0.29, 0.717) is 29.9 Å². The Morgan fingerprint density at radius 2 is 1.50 bits per heavy atom. The van der Waals surface area contributed by atoms with Gasteiger partial charge in [-0.3, -0.25) is 0 Å². The summed E-state index contributed by atoms with van der Waals surface area (Å²) < 4.78 is 6.00. The topological polar surface area (TPSA) is 63.1 Å². The Balaban J connectivity index is 0.000000234. The molecule has 1 radical (unpaired) electrons. The molecular weight excluding hydrogens is 734 g/mol. The molecule has 4 nitrogen and oxygen atoms in total. The fraction of sp³-hybridized carbons (Fsp3) is 0. The number of carbonyl (C=O) groups is 1. The Kier molecular flexibility index (Phi) is 8.07. The number of carboxylic acids is 1. The van der Waals surface area contributed by atoms with Crippen LogP contribution in [0, 0.1) is 6.07 Å². The third kappa shape index (κ3) is 5.21. The molecule has 1 aliphatic heterocycles. The first kappa shape index (κ1) is 24.5. The molecule has 0 spiro atoms. The van der Waals surface area contributed by atoms with E-state index in [1.54, 1.807) is 12.1 Å². The molecule has 0 bridgehead atoms. The number of hydrogen-bond donors (Lipinski definition) is 1. The van der Waals surface area contributed by atoms with Crippen molar-refractivity contribution in [3.8, 4) is 11.3 Å². The molecule has 34 heavy (non-hydrogen) atoms. The third-order valence-corrected chi connectivity index (χ3v) is 11.2. The summed E-state index contributed by atoms with van der Waals surface area (Å²) in [6.07, 6.45) is 3.36. The summed E-state index contributed by atoms with van der Waals surface area (Å²) >= 11 is 0.692. The number of aromatic carboxylic acids is 1. The molecule has 169 valence electrons. The minimum absolute atomic E-state index is 0. The number of carboxylic acid groups (broad SMARTS) is 1. The van der Waals surface area contributed by atoms with Crippen molar-refractivity contribution in [3.63, 3.8) is 0 Å². The van der Waals surface area contributed by atoms with Gasteiger partial charge >= 0.3 is 160 Å². The maximum absolute atomic E-state index is 10.1. The molecule has 6 rings (SSSR count). The third-order valence-electron chi connectivity index (χ3n) is 4.99. The van der Waals surface area contributed by atoms with Crippen molar-refractivity contribution in [3.05, 3.63) is 109 Å². The van der Waals surface area contributed by atoms with Crippen LogP contribution in [-0.4, -0.2) is 51.0 Å². The molecule has 7 heteroatoms. The number of nitrogens with zero attached hydrogens (tertiary/aromatic N) is 2. The van der Waals surface area contributed by atoms with Crippen molar-refractivity contribution in [2.24, 2.45) is 0 Å². The summed E-state index contributed by atoms with van der Waals surface area (Å²) in [6, 6.07) is 32.0. The van der Waals surface area contributed by atoms with Gasteiger partial charge in [0.05, 0.1) is 0 Å². The molecule has 0 fully saturated rings. The normalized spacial score (nSPS) is 11.3. The van der Waals surface area contributed by atoms with E-state index in [1.807, 2.05) is 6.20 Å². The number of aromatic nitrogens is 2. The second kappa shape index (κ2) is 11.2. The van der Waals surface area contributed by atoms with Crippen LogP contribution in [0.1, 0.15) is 10.5 Å². The molecule has 0 saturated heterocycles. The molecule has 0 amide bonds. The fourth-order valence-electron chi connectivity index (χ4n) is 3.48. The van der Waals surface area contributed by atoms with Crippen molar-refractivity contribution in [2.75, 3.05) is 0 Å². The van der Waals surface area contributed by atoms with E-state index in [1.165, 1.54) is 46.4 Å². The fourth-order valence-corrected chi connectivity index (χ4v) is 9.16. The van der Waals surface area contributed by atoms with Crippen LogP contribution in [-0.2, 0) is 20.1 Å². The van der Waals surface area contributed by atoms with Gasteiger partial charge in [-0.1, -0.05) is 6.07 Å². The molecule has 0 aliphatic carbocycles. The summed E-state index contributed by atoms with van der Waals surface area (Å²) in [5.74, 6) is -0.990. The van der Waals surface area contributed by atoms with Crippen molar-refractivity contribution in [1.82, 2.24) is 9.97 Å². The first-order valence-electron chi connectivity index (χ1n) is 10.2. The van der Waals surface area contributed by atoms with E-state index in [2.05, 4.69) is 77.8 Å². The van der Waals surface area contributed by atoms with E-state index in [0.717, 1.165) is 5.69 Å². The van der Waals surface area contributed by atoms with Crippen molar-refractivity contribution >= 4 is 64.5 Å². The molecule has 5 aromatic rings. The zero-order chi connectivity index (χ0) is 22.6. The van der Waals surface area contributed by atoms with Crippen molar-refractivity contribution in [2.45, 2.75) is 0 Å². The van der Waals surface area contributed by atoms with Crippen LogP contribution in [0.2, 0.25) is 0 Å². The number of fused-ring (bicyclic) bond motifs is 3. The van der Waals surface area contributed by atoms with Gasteiger partial charge < -0.3 is 5.11 Å². The Labute approximate surface area is 223 Å². The van der Waals surface area contributed by atoms with Crippen LogP contribution >= 0.6 is 0 Å². The van der Waals surface area contributed by atoms with E-state index >= 15 is 0 Å². The van der Waals surface area contributed by atoms with Crippen molar-refractivity contribution in [1.29, 1.82) is 0 Å². The zero-order valence-corrected chi connectivity index (χ0v) is 23.5. The summed E-state index contributed by atoms with van der Waals surface area (Å²) in [5, 5.41) is 10.8. The first-order chi connectivity index (χ1) is 16.2. The van der Waals surface area contributed by atoms with Gasteiger partial charge in [-0.2, -0.15) is 0 Å². The van der Waals surface area contributed by atoms with E-state index < -0.39 is 5.97 Å². The molecule has 0 atom stereocenters. The summed E-state index contributed by atoms with van der Waals surface area (Å²) in [6.45, 7) is 0. The monoisotopic (exact) mass is 754 g/mol. The van der Waals surface area contributed by atoms with E-state index in [9.17, 15) is 4.79 Å². The second-order valence-electron chi connectivity index (χ2n) is 7.10. The predicted molar refractivity (Wildman–Crippen MR) is 134 cm³/mol. The van der Waals surface area contributed by atoms with E-state index in [-0.39, 0.29) is 25.8 Å². The van der Waals surface area contributed by atoms with Crippen LogP contribution in [0.3, 0.4) is 0 Å². The molecule has 0 saturated carbocycles. The zero-order valence-electron chi connectivity index (χ0n) is 17.6. The van der Waals surface area contributed by atoms with Gasteiger partial charge in [-0.05, 0) is 12.1 Å². The summed E-state index contributed by atoms with van der Waals surface area (Å²) in [7, 11) is 0. The number of pyridine rings is 2. The number of rotatable bonds is 2. The van der Waals surface area contributed by atoms with Crippen LogP contribution in [0.15, 0.2) is 97.3 Å². The van der Waals surface area contributed by atoms with E-state index in [4.69, 9.17) is 10.1 Å². The predicted octanol–water partition coefficient (Wildman–Crippen LogP) is 2.10. The SMILES string of the molecule is O=C(O)c1ccccn1.[Ir].[c-]1ccc2c(c1-c1nccc3ccccc13)[Se]c1ccccc1[Se]2. The molecule has 0 unspecified atom stereocenters. The standard InChI is InChI=1S/C21H12NSe2.C6H5NO2.Ir/c1-2-7-15-14(6-1)12-13-22-20(15)16-8-5-11-19-21(16)24-18-10-4-3-9-17(18)23-19;8-6(9)5-3-1-2-4-7-5;/h1-7,9-13H;1-4H,(H,8,9);/q-1;;. The molecule has 3 heterocycles. The molecular formula is C27H17IrN2O2Se2-. The maximum atomic E-state index is 10.1. The molecule has 3 aromatic carbocycles. The number of benzene rings is 3. The Morgan fingerprint density at radius 3 is 2.24 bits per heavy atom. The van der Waals surface area contributed by atoms with Gasteiger partial charge in [-0.15, -0.1) is 0 Å². The van der Waals surface area contributed by atoms with Crippen LogP contribution < -0.4 is 17.8 Å². The Bertz CT molecular complexity index is 1460. The number of hydrogen-bond acceptors (Lipinski definition) is 3. The molecule has 1 aliphatic rings. The minimum atomic E-state index is -0.990. The Hall–Kier alpha value is -2.62. The molecule has 1 N–H and O–H groups in total. The first-order valence-corrected chi connectivity index (χ1v) is 13.6. The second-order valence-corrected chi connectivity index (χ2v) is 11.6. The van der Waals surface area contributed by atoms with Gasteiger partial charge in [0.15, 0.2) is 0 Å². The van der Waals surface area contributed by atoms with Gasteiger partial charge in [0.25, 0.3) is 0 Å². The van der Waals surface area contributed by atoms with Gasteiger partial charge in [0.2, 0.25) is 0 Å². The van der Waals surface area contributed by atoms with Crippen LogP contribution in [0.4, 0.5) is 0 Å². The Morgan fingerprint density at radius 1 is 0.765 bits per heavy atom. The van der Waals surface area contributed by atoms with Gasteiger partial charge in [0.1, 0.15) is 5.69 Å². The quantitative estimate of drug-likeness (QED) is 0.218. The molecule has 2 aromatic heterocycles. The van der Waals surface area contributed by atoms with Crippen LogP contribution in [0.5, 0.6) is 0 Å². The van der Waals surface area contributed by atoms with Gasteiger partial charge in [0, 0.05) is 26.3 Å². The summed E-state index contributed by atoms with van der Waals surface area (Å²) in [5.41, 5.74) is 2.35. The van der Waals surface area contributed by atoms with Crippen LogP contribution in [0.25, 0.3) is 22.0 Å². The van der Waals surface area contributed by atoms with Gasteiger partial charge in [-0.25, -0.2) is 9.78 Å². The average Bonchev–Trinajstić information content (AvgIpc) is 2.88. The van der Waals surface area contributed by atoms with Crippen molar-refractivity contribution < 1.29 is 30.0 Å².